The zero-order valence-corrected chi connectivity index (χ0v) is 15.3. The summed E-state index contributed by atoms with van der Waals surface area (Å²) < 4.78 is 0. The summed E-state index contributed by atoms with van der Waals surface area (Å²) in [4.78, 5) is 17.8. The van der Waals surface area contributed by atoms with Crippen LogP contribution in [0.15, 0.2) is 18.2 Å². The summed E-state index contributed by atoms with van der Waals surface area (Å²) in [5.41, 5.74) is 2.99. The highest BCUT2D eigenvalue weighted by Gasteiger charge is 2.29. The Labute approximate surface area is 146 Å². The molecule has 1 amide bonds. The average Bonchev–Trinajstić information content (AvgIpc) is 2.55. The van der Waals surface area contributed by atoms with Gasteiger partial charge in [0.2, 0.25) is 0 Å². The quantitative estimate of drug-likeness (QED) is 0.926. The maximum atomic E-state index is 12.7. The van der Waals surface area contributed by atoms with Crippen molar-refractivity contribution in [1.29, 1.82) is 0 Å². The Hall–Kier alpha value is -1.39. The van der Waals surface area contributed by atoms with Crippen molar-refractivity contribution in [3.8, 4) is 0 Å². The van der Waals surface area contributed by atoms with Gasteiger partial charge in [-0.1, -0.05) is 18.2 Å². The van der Waals surface area contributed by atoms with Crippen LogP contribution in [-0.4, -0.2) is 61.0 Å². The first kappa shape index (κ1) is 17.4. The molecule has 0 aliphatic carbocycles. The van der Waals surface area contributed by atoms with Crippen LogP contribution in [0.25, 0.3) is 0 Å². The number of hydrogen-bond donors (Lipinski definition) is 1. The van der Waals surface area contributed by atoms with Crippen LogP contribution in [0.2, 0.25) is 0 Å². The van der Waals surface area contributed by atoms with Crippen LogP contribution >= 0.6 is 0 Å². The van der Waals surface area contributed by atoms with E-state index in [0.717, 1.165) is 29.7 Å². The molecule has 3 rings (SSSR count). The van der Waals surface area contributed by atoms with Crippen molar-refractivity contribution in [2.24, 2.45) is 0 Å². The second-order valence-corrected chi connectivity index (χ2v) is 7.61. The van der Waals surface area contributed by atoms with Crippen molar-refractivity contribution in [2.45, 2.75) is 51.6 Å². The fraction of sp³-hybridized carbons (Fsp3) is 0.650. The zero-order valence-electron chi connectivity index (χ0n) is 15.3. The van der Waals surface area contributed by atoms with E-state index in [1.165, 1.54) is 38.9 Å². The summed E-state index contributed by atoms with van der Waals surface area (Å²) in [6.07, 6.45) is 4.80. The lowest BCUT2D eigenvalue weighted by atomic mass is 9.97. The van der Waals surface area contributed by atoms with Gasteiger partial charge in [0.15, 0.2) is 0 Å². The number of rotatable bonds is 3. The first-order valence-electron chi connectivity index (χ1n) is 9.34. The van der Waals surface area contributed by atoms with Gasteiger partial charge in [-0.15, -0.1) is 0 Å². The van der Waals surface area contributed by atoms with Gasteiger partial charge in [0.05, 0.1) is 0 Å². The minimum atomic E-state index is 0.0980. The van der Waals surface area contributed by atoms with E-state index in [2.05, 4.69) is 22.2 Å². The molecule has 4 nitrogen and oxygen atoms in total. The third-order valence-electron chi connectivity index (χ3n) is 5.70. The van der Waals surface area contributed by atoms with Crippen molar-refractivity contribution >= 4 is 5.91 Å². The van der Waals surface area contributed by atoms with Crippen molar-refractivity contribution in [3.63, 3.8) is 0 Å². The lowest BCUT2D eigenvalue weighted by molar-refractivity contribution is 0.0765. The van der Waals surface area contributed by atoms with E-state index < -0.39 is 0 Å². The van der Waals surface area contributed by atoms with Gasteiger partial charge in [-0.05, 0) is 77.3 Å². The molecule has 0 bridgehead atoms. The summed E-state index contributed by atoms with van der Waals surface area (Å²) in [5.74, 6) is 0.0980. The van der Waals surface area contributed by atoms with E-state index in [0.29, 0.717) is 6.04 Å². The Morgan fingerprint density at radius 2 is 1.75 bits per heavy atom. The summed E-state index contributed by atoms with van der Waals surface area (Å²) >= 11 is 0. The van der Waals surface area contributed by atoms with Gasteiger partial charge in [-0.3, -0.25) is 9.69 Å². The Bertz CT molecular complexity index is 558. The molecule has 0 radical (unpaired) electrons. The number of hydrogen-bond acceptors (Lipinski definition) is 3. The monoisotopic (exact) mass is 329 g/mol. The van der Waals surface area contributed by atoms with Crippen LogP contribution < -0.4 is 5.32 Å². The Morgan fingerprint density at radius 3 is 2.42 bits per heavy atom. The van der Waals surface area contributed by atoms with Crippen molar-refractivity contribution in [1.82, 2.24) is 15.1 Å². The molecule has 1 aromatic carbocycles. The predicted octanol–water partition coefficient (Wildman–Crippen LogP) is 2.59. The first-order valence-corrected chi connectivity index (χ1v) is 9.34. The summed E-state index contributed by atoms with van der Waals surface area (Å²) in [7, 11) is 2.21. The number of piperidine rings is 2. The van der Waals surface area contributed by atoms with Crippen LogP contribution in [-0.2, 0) is 0 Å². The van der Waals surface area contributed by atoms with E-state index in [1.807, 2.05) is 32.0 Å². The SMILES string of the molecule is Cc1cccc(C)c1C(=O)N[C@H]1CCCN(C2CCN(C)CC2)C1. The maximum Gasteiger partial charge on any atom is 0.252 e. The van der Waals surface area contributed by atoms with Gasteiger partial charge < -0.3 is 10.2 Å². The fourth-order valence-electron chi connectivity index (χ4n) is 4.25. The van der Waals surface area contributed by atoms with Crippen LogP contribution in [0, 0.1) is 13.8 Å². The van der Waals surface area contributed by atoms with E-state index in [4.69, 9.17) is 0 Å². The highest BCUT2D eigenvalue weighted by atomic mass is 16.1. The highest BCUT2D eigenvalue weighted by Crippen LogP contribution is 2.21. The van der Waals surface area contributed by atoms with Gasteiger partial charge in [0, 0.05) is 24.2 Å². The molecule has 2 heterocycles. The third kappa shape index (κ3) is 3.98. The molecule has 0 spiro atoms. The first-order chi connectivity index (χ1) is 11.5. The van der Waals surface area contributed by atoms with Gasteiger partial charge in [-0.2, -0.15) is 0 Å². The molecular formula is C20H31N3O. The van der Waals surface area contributed by atoms with E-state index in [9.17, 15) is 4.79 Å². The van der Waals surface area contributed by atoms with Gasteiger partial charge in [0.25, 0.3) is 5.91 Å². The molecule has 1 aromatic rings. The normalized spacial score (nSPS) is 24.0. The molecule has 132 valence electrons. The second kappa shape index (κ2) is 7.66. The number of benzene rings is 1. The van der Waals surface area contributed by atoms with Crippen LogP contribution in [0.5, 0.6) is 0 Å². The maximum absolute atomic E-state index is 12.7. The number of carbonyl (C=O) groups excluding carboxylic acids is 1. The lowest BCUT2D eigenvalue weighted by Crippen LogP contribution is -2.53. The molecule has 0 saturated carbocycles. The van der Waals surface area contributed by atoms with Gasteiger partial charge >= 0.3 is 0 Å². The standard InChI is InChI=1S/C20H31N3O/c1-15-6-4-7-16(2)19(15)20(24)21-17-8-5-11-23(14-17)18-9-12-22(3)13-10-18/h4,6-7,17-18H,5,8-14H2,1-3H3,(H,21,24)/t17-/m0/s1. The van der Waals surface area contributed by atoms with Crippen molar-refractivity contribution in [2.75, 3.05) is 33.2 Å². The van der Waals surface area contributed by atoms with Gasteiger partial charge in [0.1, 0.15) is 0 Å². The van der Waals surface area contributed by atoms with Crippen LogP contribution in [0.4, 0.5) is 0 Å². The van der Waals surface area contributed by atoms with E-state index in [1.54, 1.807) is 0 Å². The predicted molar refractivity (Wildman–Crippen MR) is 98.5 cm³/mol. The molecule has 1 atom stereocenters. The molecule has 24 heavy (non-hydrogen) atoms. The molecule has 2 saturated heterocycles. The number of likely N-dealkylation sites (tertiary alicyclic amines) is 2. The number of carbonyl (C=O) groups is 1. The number of amides is 1. The second-order valence-electron chi connectivity index (χ2n) is 7.61. The van der Waals surface area contributed by atoms with Crippen LogP contribution in [0.1, 0.15) is 47.2 Å². The van der Waals surface area contributed by atoms with Crippen molar-refractivity contribution < 1.29 is 4.79 Å². The molecule has 0 unspecified atom stereocenters. The molecule has 4 heteroatoms. The smallest absolute Gasteiger partial charge is 0.252 e. The number of nitrogens with one attached hydrogen (secondary N) is 1. The molecule has 2 aliphatic rings. The molecule has 0 aromatic heterocycles. The molecular weight excluding hydrogens is 298 g/mol. The Kier molecular flexibility index (Phi) is 5.57. The summed E-state index contributed by atoms with van der Waals surface area (Å²) in [6, 6.07) is 7.04. The number of nitrogens with zero attached hydrogens (tertiary/aromatic N) is 2. The fourth-order valence-corrected chi connectivity index (χ4v) is 4.25. The Morgan fingerprint density at radius 1 is 1.08 bits per heavy atom. The highest BCUT2D eigenvalue weighted by molar-refractivity contribution is 5.97. The minimum Gasteiger partial charge on any atom is -0.348 e. The Balaban J connectivity index is 1.60. The zero-order chi connectivity index (χ0) is 17.1. The van der Waals surface area contributed by atoms with Gasteiger partial charge in [-0.25, -0.2) is 0 Å². The molecule has 2 fully saturated rings. The average molecular weight is 329 g/mol. The van der Waals surface area contributed by atoms with E-state index in [-0.39, 0.29) is 11.9 Å². The summed E-state index contributed by atoms with van der Waals surface area (Å²) in [6.45, 7) is 8.62. The summed E-state index contributed by atoms with van der Waals surface area (Å²) in [5, 5.41) is 3.30. The largest absolute Gasteiger partial charge is 0.348 e. The molecule has 1 N–H and O–H groups in total. The van der Waals surface area contributed by atoms with Crippen molar-refractivity contribution in [3.05, 3.63) is 34.9 Å². The lowest BCUT2D eigenvalue weighted by Gasteiger charge is -2.41. The van der Waals surface area contributed by atoms with Crippen LogP contribution in [0.3, 0.4) is 0 Å². The molecule has 2 aliphatic heterocycles. The van der Waals surface area contributed by atoms with E-state index >= 15 is 0 Å². The number of aryl methyl sites for hydroxylation is 2. The minimum absolute atomic E-state index is 0.0980. The topological polar surface area (TPSA) is 35.6 Å². The third-order valence-corrected chi connectivity index (χ3v) is 5.70.